The summed E-state index contributed by atoms with van der Waals surface area (Å²) in [5, 5.41) is 0. The van der Waals surface area contributed by atoms with Crippen molar-refractivity contribution in [2.45, 2.75) is 44.9 Å². The second kappa shape index (κ2) is 11.1. The van der Waals surface area contributed by atoms with E-state index < -0.39 is 0 Å². The topological polar surface area (TPSA) is 23.8 Å². The van der Waals surface area contributed by atoms with Gasteiger partial charge in [-0.1, -0.05) is 70.3 Å². The third-order valence-electron chi connectivity index (χ3n) is 2.42. The van der Waals surface area contributed by atoms with Crippen LogP contribution in [0.3, 0.4) is 0 Å². The Kier molecular flexibility index (Phi) is 14.0. The first-order valence-corrected chi connectivity index (χ1v) is 8.69. The summed E-state index contributed by atoms with van der Waals surface area (Å²) < 4.78 is 0. The molecule has 1 aromatic rings. The van der Waals surface area contributed by atoms with E-state index in [4.69, 9.17) is 5.73 Å². The second-order valence-electron chi connectivity index (χ2n) is 5.79. The fraction of sp³-hybridized carbons (Fsp3) is 0.467. The van der Waals surface area contributed by atoms with Crippen molar-refractivity contribution in [1.82, 2.24) is 0 Å². The fourth-order valence-electron chi connectivity index (χ4n) is 1.75. The third kappa shape index (κ3) is 9.38. The Balaban J connectivity index is -0.000000322. The SMILES string of the molecule is CC(C)(C)[NH-].C[Si](C)C1C=Cc2ccccc21.[Cl-].[Cl-].[Ti+3]. The number of nitrogens with one attached hydrogen (secondary N) is 1. The zero-order valence-electron chi connectivity index (χ0n) is 12.8. The average Bonchev–Trinajstić information content (AvgIpc) is 2.58. The maximum Gasteiger partial charge on any atom is 3.00 e. The van der Waals surface area contributed by atoms with Gasteiger partial charge in [0.1, 0.15) is 0 Å². The van der Waals surface area contributed by atoms with Gasteiger partial charge in [-0.2, -0.15) is 0 Å². The Morgan fingerprint density at radius 1 is 1.05 bits per heavy atom. The summed E-state index contributed by atoms with van der Waals surface area (Å²) in [5.41, 5.74) is 10.4. The van der Waals surface area contributed by atoms with Gasteiger partial charge in [-0.05, 0) is 16.7 Å². The first-order chi connectivity index (χ1) is 7.79. The van der Waals surface area contributed by atoms with Gasteiger partial charge in [0.15, 0.2) is 0 Å². The van der Waals surface area contributed by atoms with E-state index in [-0.39, 0.29) is 60.9 Å². The number of benzene rings is 1. The van der Waals surface area contributed by atoms with Crippen LogP contribution in [0.15, 0.2) is 30.3 Å². The van der Waals surface area contributed by atoms with Crippen LogP contribution in [-0.2, 0) is 21.7 Å². The molecule has 1 unspecified atom stereocenters. The predicted octanol–water partition coefficient (Wildman–Crippen LogP) is -1.07. The fourth-order valence-corrected chi connectivity index (χ4v) is 3.12. The molecule has 20 heavy (non-hydrogen) atoms. The van der Waals surface area contributed by atoms with Gasteiger partial charge >= 0.3 is 21.7 Å². The second-order valence-corrected chi connectivity index (χ2v) is 8.57. The van der Waals surface area contributed by atoms with Crippen LogP contribution in [0.4, 0.5) is 0 Å². The first-order valence-electron chi connectivity index (χ1n) is 6.11. The predicted molar refractivity (Wildman–Crippen MR) is 79.8 cm³/mol. The quantitative estimate of drug-likeness (QED) is 0.567. The van der Waals surface area contributed by atoms with Gasteiger partial charge in [-0.3, -0.25) is 0 Å². The van der Waals surface area contributed by atoms with E-state index in [1.807, 2.05) is 20.8 Å². The molecule has 0 saturated carbocycles. The van der Waals surface area contributed by atoms with Gasteiger partial charge in [0.2, 0.25) is 0 Å². The zero-order chi connectivity index (χ0) is 13.1. The molecule has 0 saturated heterocycles. The van der Waals surface area contributed by atoms with Crippen LogP contribution in [0.25, 0.3) is 11.8 Å². The van der Waals surface area contributed by atoms with E-state index in [0.29, 0.717) is 0 Å². The van der Waals surface area contributed by atoms with Crippen LogP contribution in [-0.4, -0.2) is 14.3 Å². The van der Waals surface area contributed by atoms with E-state index in [1.54, 1.807) is 0 Å². The summed E-state index contributed by atoms with van der Waals surface area (Å²) in [6.45, 7) is 10.3. The zero-order valence-corrected chi connectivity index (χ0v) is 16.9. The minimum atomic E-state index is -0.250. The van der Waals surface area contributed by atoms with E-state index in [2.05, 4.69) is 49.5 Å². The number of halogens is 2. The maximum absolute atomic E-state index is 6.94. The van der Waals surface area contributed by atoms with Crippen molar-refractivity contribution >= 4 is 14.9 Å². The normalized spacial score (nSPS) is 15.1. The van der Waals surface area contributed by atoms with Crippen LogP contribution in [0, 0.1) is 0 Å². The molecule has 0 fully saturated rings. The molecule has 1 N–H and O–H groups in total. The molecule has 1 aromatic carbocycles. The first kappa shape index (κ1) is 25.4. The van der Waals surface area contributed by atoms with Crippen LogP contribution >= 0.6 is 0 Å². The van der Waals surface area contributed by atoms with Crippen molar-refractivity contribution < 1.29 is 46.5 Å². The van der Waals surface area contributed by atoms with Crippen molar-refractivity contribution in [3.63, 3.8) is 0 Å². The smallest absolute Gasteiger partial charge is 1.00 e. The molecule has 1 nitrogen and oxygen atoms in total. The summed E-state index contributed by atoms with van der Waals surface area (Å²) in [6, 6.07) is 8.72. The van der Waals surface area contributed by atoms with Crippen LogP contribution in [0.1, 0.15) is 37.4 Å². The summed E-state index contributed by atoms with van der Waals surface area (Å²) in [4.78, 5) is 0. The van der Waals surface area contributed by atoms with Gasteiger partial charge in [-0.15, -0.1) is 5.54 Å². The van der Waals surface area contributed by atoms with Gasteiger partial charge in [0, 0.05) is 0 Å². The monoisotopic (exact) mass is 363 g/mol. The molecule has 0 aliphatic heterocycles. The maximum atomic E-state index is 6.94. The number of hydrogen-bond donors (Lipinski definition) is 0. The molecule has 110 valence electrons. The molecule has 1 aliphatic rings. The Morgan fingerprint density at radius 3 is 1.95 bits per heavy atom. The van der Waals surface area contributed by atoms with E-state index in [9.17, 15) is 0 Å². The molecule has 0 spiro atoms. The Bertz CT molecular complexity index is 397. The Hall–Kier alpha value is 0.431. The molecule has 0 amide bonds. The minimum Gasteiger partial charge on any atom is -1.00 e. The molecule has 5 heteroatoms. The molecule has 2 radical (unpaired) electrons. The molecule has 0 bridgehead atoms. The summed E-state index contributed by atoms with van der Waals surface area (Å²) >= 11 is 0. The molecule has 1 atom stereocenters. The van der Waals surface area contributed by atoms with Gasteiger partial charge < -0.3 is 30.5 Å². The summed E-state index contributed by atoms with van der Waals surface area (Å²) in [6.07, 6.45) is 4.62. The van der Waals surface area contributed by atoms with Gasteiger partial charge in [0.05, 0.1) is 8.80 Å². The standard InChI is InChI=1S/C11H13Si.C4H10N.2ClH.Ti/c1-12(2)11-8-7-9-5-3-4-6-10(9)11;1-4(2,3)5;;;/h3-8,11H,1-2H3;5H,1-3H3;2*1H;/q;-1;;;+3/p-2. The van der Waals surface area contributed by atoms with E-state index >= 15 is 0 Å². The number of allylic oxidation sites excluding steroid dienone is 1. The van der Waals surface area contributed by atoms with E-state index in [0.717, 1.165) is 5.54 Å². The molecular formula is C15H23Cl2NSiTi. The number of fused-ring (bicyclic) bond motifs is 1. The van der Waals surface area contributed by atoms with Crippen molar-refractivity contribution in [2.24, 2.45) is 0 Å². The molecule has 1 aliphatic carbocycles. The summed E-state index contributed by atoms with van der Waals surface area (Å²) in [7, 11) is -0.211. The molecular weight excluding hydrogens is 341 g/mol. The molecule has 0 aromatic heterocycles. The van der Waals surface area contributed by atoms with Crippen LogP contribution in [0.2, 0.25) is 13.1 Å². The molecule has 0 heterocycles. The van der Waals surface area contributed by atoms with Crippen molar-refractivity contribution in [2.75, 3.05) is 0 Å². The number of hydrogen-bond acceptors (Lipinski definition) is 0. The molecule has 2 rings (SSSR count). The van der Waals surface area contributed by atoms with Crippen LogP contribution in [0.5, 0.6) is 0 Å². The van der Waals surface area contributed by atoms with Crippen LogP contribution < -0.4 is 24.8 Å². The number of rotatable bonds is 1. The summed E-state index contributed by atoms with van der Waals surface area (Å²) in [5.74, 6) is 0. The van der Waals surface area contributed by atoms with Gasteiger partial charge in [-0.25, -0.2) is 0 Å². The van der Waals surface area contributed by atoms with Crippen molar-refractivity contribution in [1.29, 1.82) is 0 Å². The largest absolute Gasteiger partial charge is 3.00 e. The minimum absolute atomic E-state index is 0. The van der Waals surface area contributed by atoms with Crippen molar-refractivity contribution in [3.05, 3.63) is 47.2 Å². The Labute approximate surface area is 153 Å². The third-order valence-corrected chi connectivity index (χ3v) is 4.17. The van der Waals surface area contributed by atoms with E-state index in [1.165, 1.54) is 11.1 Å². The Morgan fingerprint density at radius 2 is 1.50 bits per heavy atom. The van der Waals surface area contributed by atoms with Gasteiger partial charge in [0.25, 0.3) is 0 Å². The van der Waals surface area contributed by atoms with Crippen molar-refractivity contribution in [3.8, 4) is 0 Å². The average molecular weight is 364 g/mol.